The molecule has 0 saturated heterocycles. The van der Waals surface area contributed by atoms with Crippen molar-refractivity contribution in [2.45, 2.75) is 6.54 Å². The number of aromatic nitrogens is 2. The molecule has 0 aliphatic heterocycles. The summed E-state index contributed by atoms with van der Waals surface area (Å²) in [7, 11) is 1.91. The number of rotatable bonds is 2. The average Bonchev–Trinajstić information content (AvgIpc) is 2.71. The van der Waals surface area contributed by atoms with Crippen LogP contribution in [-0.4, -0.2) is 9.78 Å². The molecule has 0 spiro atoms. The lowest BCUT2D eigenvalue weighted by atomic mass is 10.2. The molecule has 0 bridgehead atoms. The summed E-state index contributed by atoms with van der Waals surface area (Å²) in [6.45, 7) is 0.478. The van der Waals surface area contributed by atoms with Crippen LogP contribution in [0.25, 0.3) is 10.4 Å². The summed E-state index contributed by atoms with van der Waals surface area (Å²) < 4.78 is 2.90. The first-order valence-corrected chi connectivity index (χ1v) is 5.85. The van der Waals surface area contributed by atoms with Gasteiger partial charge in [-0.05, 0) is 22.0 Å². The molecule has 0 saturated carbocycles. The number of hydrogen-bond donors (Lipinski definition) is 1. The van der Waals surface area contributed by atoms with E-state index in [2.05, 4.69) is 32.5 Å². The van der Waals surface area contributed by atoms with Crippen molar-refractivity contribution >= 4 is 27.3 Å². The summed E-state index contributed by atoms with van der Waals surface area (Å²) in [5.41, 5.74) is 7.70. The fourth-order valence-electron chi connectivity index (χ4n) is 1.35. The van der Waals surface area contributed by atoms with E-state index in [1.807, 2.05) is 13.2 Å². The van der Waals surface area contributed by atoms with Gasteiger partial charge in [0.15, 0.2) is 0 Å². The molecule has 14 heavy (non-hydrogen) atoms. The van der Waals surface area contributed by atoms with Crippen LogP contribution in [-0.2, 0) is 13.6 Å². The molecule has 0 aliphatic rings. The van der Waals surface area contributed by atoms with Crippen molar-refractivity contribution in [1.29, 1.82) is 0 Å². The van der Waals surface area contributed by atoms with E-state index in [0.717, 1.165) is 15.7 Å². The van der Waals surface area contributed by atoms with Crippen LogP contribution in [0.2, 0.25) is 0 Å². The first-order chi connectivity index (χ1) is 6.70. The largest absolute Gasteiger partial charge is 0.325 e. The van der Waals surface area contributed by atoms with Crippen molar-refractivity contribution in [1.82, 2.24) is 9.78 Å². The monoisotopic (exact) mass is 271 g/mol. The molecule has 2 aromatic rings. The van der Waals surface area contributed by atoms with Crippen LogP contribution in [0.3, 0.4) is 0 Å². The van der Waals surface area contributed by atoms with Crippen molar-refractivity contribution in [3.63, 3.8) is 0 Å². The standard InChI is InChI=1S/C9H10BrN3S/c1-13-4-7(8(3-11)12-13)9-2-6(10)5-14-9/h2,4-5H,3,11H2,1H3. The number of halogens is 1. The van der Waals surface area contributed by atoms with Crippen LogP contribution >= 0.6 is 27.3 Å². The van der Waals surface area contributed by atoms with Crippen LogP contribution < -0.4 is 5.73 Å². The van der Waals surface area contributed by atoms with E-state index in [4.69, 9.17) is 5.73 Å². The summed E-state index contributed by atoms with van der Waals surface area (Å²) in [5, 5.41) is 6.36. The van der Waals surface area contributed by atoms with Gasteiger partial charge in [-0.1, -0.05) is 0 Å². The van der Waals surface area contributed by atoms with Gasteiger partial charge in [0.05, 0.1) is 5.69 Å². The lowest BCUT2D eigenvalue weighted by molar-refractivity contribution is 0.742. The quantitative estimate of drug-likeness (QED) is 0.912. The Kier molecular flexibility index (Phi) is 2.71. The first kappa shape index (κ1) is 9.89. The molecule has 2 rings (SSSR count). The topological polar surface area (TPSA) is 43.8 Å². The maximum absolute atomic E-state index is 5.63. The minimum absolute atomic E-state index is 0.478. The lowest BCUT2D eigenvalue weighted by Gasteiger charge is -1.93. The van der Waals surface area contributed by atoms with Crippen LogP contribution in [0.1, 0.15) is 5.69 Å². The highest BCUT2D eigenvalue weighted by molar-refractivity contribution is 9.10. The van der Waals surface area contributed by atoms with Gasteiger partial charge < -0.3 is 5.73 Å². The number of nitrogens with zero attached hydrogens (tertiary/aromatic N) is 2. The Hall–Kier alpha value is -0.650. The molecule has 2 heterocycles. The Morgan fingerprint density at radius 1 is 1.64 bits per heavy atom. The molecule has 0 aliphatic carbocycles. The van der Waals surface area contributed by atoms with Crippen molar-refractivity contribution in [3.8, 4) is 10.4 Å². The maximum atomic E-state index is 5.63. The molecule has 0 aromatic carbocycles. The zero-order valence-electron chi connectivity index (χ0n) is 7.70. The summed E-state index contributed by atoms with van der Waals surface area (Å²) in [5.74, 6) is 0. The molecule has 3 nitrogen and oxygen atoms in total. The van der Waals surface area contributed by atoms with Crippen LogP contribution in [0, 0.1) is 0 Å². The molecule has 0 unspecified atom stereocenters. The van der Waals surface area contributed by atoms with E-state index in [-0.39, 0.29) is 0 Å². The summed E-state index contributed by atoms with van der Waals surface area (Å²) in [6, 6.07) is 2.08. The van der Waals surface area contributed by atoms with E-state index >= 15 is 0 Å². The SMILES string of the molecule is Cn1cc(-c2cc(Br)cs2)c(CN)n1. The molecule has 5 heteroatoms. The van der Waals surface area contributed by atoms with Gasteiger partial charge in [-0.15, -0.1) is 11.3 Å². The molecular weight excluding hydrogens is 262 g/mol. The van der Waals surface area contributed by atoms with Crippen molar-refractivity contribution < 1.29 is 0 Å². The van der Waals surface area contributed by atoms with Gasteiger partial charge in [0.2, 0.25) is 0 Å². The highest BCUT2D eigenvalue weighted by Crippen LogP contribution is 2.31. The fourth-order valence-corrected chi connectivity index (χ4v) is 2.81. The van der Waals surface area contributed by atoms with E-state index in [1.165, 1.54) is 4.88 Å². The Morgan fingerprint density at radius 2 is 2.43 bits per heavy atom. The first-order valence-electron chi connectivity index (χ1n) is 4.17. The highest BCUT2D eigenvalue weighted by Gasteiger charge is 2.09. The molecule has 2 aromatic heterocycles. The Morgan fingerprint density at radius 3 is 3.00 bits per heavy atom. The molecule has 0 fully saturated rings. The summed E-state index contributed by atoms with van der Waals surface area (Å²) in [4.78, 5) is 1.20. The third-order valence-corrected chi connectivity index (χ3v) is 3.66. The van der Waals surface area contributed by atoms with Gasteiger partial charge >= 0.3 is 0 Å². The van der Waals surface area contributed by atoms with Crippen LogP contribution in [0.4, 0.5) is 0 Å². The predicted molar refractivity (Wildman–Crippen MR) is 62.1 cm³/mol. The molecule has 0 amide bonds. The van der Waals surface area contributed by atoms with Crippen molar-refractivity contribution in [3.05, 3.63) is 27.8 Å². The lowest BCUT2D eigenvalue weighted by Crippen LogP contribution is -1.99. The van der Waals surface area contributed by atoms with Gasteiger partial charge in [-0.2, -0.15) is 5.10 Å². The second-order valence-corrected chi connectivity index (χ2v) is 4.82. The van der Waals surface area contributed by atoms with E-state index < -0.39 is 0 Å². The second kappa shape index (κ2) is 3.84. The van der Waals surface area contributed by atoms with Gasteiger partial charge in [0.1, 0.15) is 0 Å². The normalized spacial score (nSPS) is 10.8. The van der Waals surface area contributed by atoms with Crippen LogP contribution in [0.5, 0.6) is 0 Å². The van der Waals surface area contributed by atoms with Gasteiger partial charge in [0, 0.05) is 40.1 Å². The highest BCUT2D eigenvalue weighted by atomic mass is 79.9. The smallest absolute Gasteiger partial charge is 0.0846 e. The van der Waals surface area contributed by atoms with Crippen LogP contribution in [0.15, 0.2) is 22.1 Å². The molecular formula is C9H10BrN3S. The number of nitrogens with two attached hydrogens (primary N) is 1. The van der Waals surface area contributed by atoms with Gasteiger partial charge in [0.25, 0.3) is 0 Å². The van der Waals surface area contributed by atoms with Crippen molar-refractivity contribution in [2.75, 3.05) is 0 Å². The van der Waals surface area contributed by atoms with E-state index in [9.17, 15) is 0 Å². The number of thiophene rings is 1. The zero-order valence-corrected chi connectivity index (χ0v) is 10.1. The third-order valence-electron chi connectivity index (χ3n) is 1.93. The zero-order chi connectivity index (χ0) is 10.1. The number of aryl methyl sites for hydroxylation is 1. The Labute approximate surface area is 94.7 Å². The summed E-state index contributed by atoms with van der Waals surface area (Å²) in [6.07, 6.45) is 2.00. The average molecular weight is 272 g/mol. The fraction of sp³-hybridized carbons (Fsp3) is 0.222. The molecule has 0 radical (unpaired) electrons. The maximum Gasteiger partial charge on any atom is 0.0846 e. The third kappa shape index (κ3) is 1.75. The minimum Gasteiger partial charge on any atom is -0.325 e. The molecule has 2 N–H and O–H groups in total. The van der Waals surface area contributed by atoms with Gasteiger partial charge in [-0.3, -0.25) is 4.68 Å². The predicted octanol–water partition coefficient (Wildman–Crippen LogP) is 2.37. The van der Waals surface area contributed by atoms with E-state index in [0.29, 0.717) is 6.54 Å². The molecule has 0 atom stereocenters. The summed E-state index contributed by atoms with van der Waals surface area (Å²) >= 11 is 5.12. The molecule has 74 valence electrons. The van der Waals surface area contributed by atoms with Gasteiger partial charge in [-0.25, -0.2) is 0 Å². The minimum atomic E-state index is 0.478. The second-order valence-electron chi connectivity index (χ2n) is 3.00. The Balaban J connectivity index is 2.49. The number of hydrogen-bond acceptors (Lipinski definition) is 3. The van der Waals surface area contributed by atoms with Crippen molar-refractivity contribution in [2.24, 2.45) is 12.8 Å². The Bertz CT molecular complexity index is 447. The van der Waals surface area contributed by atoms with E-state index in [1.54, 1.807) is 16.0 Å².